The molecule has 5 rings (SSSR count). The van der Waals surface area contributed by atoms with E-state index in [-0.39, 0.29) is 12.1 Å². The van der Waals surface area contributed by atoms with E-state index in [0.717, 1.165) is 70.6 Å². The van der Waals surface area contributed by atoms with E-state index < -0.39 is 5.97 Å². The second-order valence-electron chi connectivity index (χ2n) is 7.75. The van der Waals surface area contributed by atoms with Crippen molar-refractivity contribution in [3.05, 3.63) is 30.0 Å². The van der Waals surface area contributed by atoms with Crippen LogP contribution >= 0.6 is 11.3 Å². The number of carboxylic acids is 1. The van der Waals surface area contributed by atoms with Crippen LogP contribution in [0.3, 0.4) is 0 Å². The monoisotopic (exact) mass is 442 g/mol. The van der Waals surface area contributed by atoms with Gasteiger partial charge in [0.15, 0.2) is 11.7 Å². The van der Waals surface area contributed by atoms with Crippen molar-refractivity contribution in [1.82, 2.24) is 25.2 Å². The Bertz CT molecular complexity index is 1100. The molecule has 3 aromatic rings. The van der Waals surface area contributed by atoms with Crippen LogP contribution in [0.2, 0.25) is 0 Å². The van der Waals surface area contributed by atoms with E-state index in [1.165, 1.54) is 11.3 Å². The predicted molar refractivity (Wildman–Crippen MR) is 113 cm³/mol. The number of piperidine rings is 1. The summed E-state index contributed by atoms with van der Waals surface area (Å²) in [6, 6.07) is 5.99. The maximum atomic E-state index is 10.8. The lowest BCUT2D eigenvalue weighted by Gasteiger charge is -2.44. The van der Waals surface area contributed by atoms with Crippen LogP contribution in [0, 0.1) is 0 Å². The fourth-order valence-corrected chi connectivity index (χ4v) is 5.11. The number of tetrazole rings is 1. The van der Waals surface area contributed by atoms with E-state index in [2.05, 4.69) is 25.3 Å². The molecule has 2 aromatic heterocycles. The molecule has 1 N–H and O–H groups in total. The number of fused-ring (bicyclic) bond motifs is 1. The van der Waals surface area contributed by atoms with Crippen LogP contribution in [0.4, 0.5) is 5.13 Å². The van der Waals surface area contributed by atoms with E-state index in [1.54, 1.807) is 13.3 Å². The van der Waals surface area contributed by atoms with Crippen LogP contribution in [-0.2, 0) is 17.8 Å². The van der Waals surface area contributed by atoms with E-state index in [4.69, 9.17) is 14.6 Å². The average Bonchev–Trinajstić information content (AvgIpc) is 3.43. The normalized spacial score (nSPS) is 17.3. The number of hydrogen-bond acceptors (Lipinski definition) is 9. The van der Waals surface area contributed by atoms with Gasteiger partial charge in [0.1, 0.15) is 17.1 Å². The summed E-state index contributed by atoms with van der Waals surface area (Å²) >= 11 is 1.49. The Hall–Kier alpha value is -3.21. The highest BCUT2D eigenvalue weighted by Gasteiger charge is 2.40. The fourth-order valence-electron chi connectivity index (χ4n) is 4.22. The average molecular weight is 443 g/mol. The lowest BCUT2D eigenvalue weighted by Crippen LogP contribution is -2.49. The largest absolute Gasteiger partial charge is 0.496 e. The van der Waals surface area contributed by atoms with Crippen molar-refractivity contribution in [2.24, 2.45) is 0 Å². The minimum atomic E-state index is -1.01. The molecule has 1 aromatic carbocycles. The SMILES string of the molecule is COc1cccc2c1CCC1(CCN(c3ncc(-c4nnn(CC(=O)O)n4)s3)CC1)O2. The first-order valence-electron chi connectivity index (χ1n) is 10.1. The number of methoxy groups -OCH3 is 1. The van der Waals surface area contributed by atoms with Gasteiger partial charge in [-0.05, 0) is 30.2 Å². The first-order chi connectivity index (χ1) is 15.0. The molecular formula is C20H22N6O4S. The van der Waals surface area contributed by atoms with E-state index >= 15 is 0 Å². The van der Waals surface area contributed by atoms with Gasteiger partial charge in [-0.25, -0.2) is 4.98 Å². The molecule has 0 atom stereocenters. The zero-order valence-corrected chi connectivity index (χ0v) is 17.8. The van der Waals surface area contributed by atoms with Crippen molar-refractivity contribution in [3.63, 3.8) is 0 Å². The highest BCUT2D eigenvalue weighted by molar-refractivity contribution is 7.18. The zero-order chi connectivity index (χ0) is 21.4. The Balaban J connectivity index is 1.25. The summed E-state index contributed by atoms with van der Waals surface area (Å²) in [7, 11) is 1.70. The summed E-state index contributed by atoms with van der Waals surface area (Å²) in [6.07, 6.45) is 5.50. The lowest BCUT2D eigenvalue weighted by atomic mass is 9.83. The highest BCUT2D eigenvalue weighted by Crippen LogP contribution is 2.43. The maximum absolute atomic E-state index is 10.8. The minimum Gasteiger partial charge on any atom is -0.496 e. The van der Waals surface area contributed by atoms with Crippen molar-refractivity contribution < 1.29 is 19.4 Å². The van der Waals surface area contributed by atoms with E-state index in [0.29, 0.717) is 5.82 Å². The molecule has 0 aliphatic carbocycles. The smallest absolute Gasteiger partial charge is 0.327 e. The Labute approximate surface area is 182 Å². The number of carboxylic acid groups (broad SMARTS) is 1. The lowest BCUT2D eigenvalue weighted by molar-refractivity contribution is -0.138. The molecule has 0 radical (unpaired) electrons. The quantitative estimate of drug-likeness (QED) is 0.635. The molecule has 1 saturated heterocycles. The van der Waals surface area contributed by atoms with Gasteiger partial charge < -0.3 is 19.5 Å². The molecular weight excluding hydrogens is 420 g/mol. The number of benzene rings is 1. The number of anilines is 1. The number of aliphatic carboxylic acids is 1. The van der Waals surface area contributed by atoms with Gasteiger partial charge in [-0.1, -0.05) is 17.4 Å². The standard InChI is InChI=1S/C20H22N6O4S/c1-29-14-3-2-4-15-13(14)5-6-20(30-15)7-9-25(10-8-20)19-21-11-16(31-19)18-22-24-26(23-18)12-17(27)28/h2-4,11H,5-10,12H2,1H3,(H,27,28). The number of thiazole rings is 1. The third kappa shape index (κ3) is 3.80. The first kappa shape index (κ1) is 19.7. The summed E-state index contributed by atoms with van der Waals surface area (Å²) in [5.74, 6) is 1.21. The summed E-state index contributed by atoms with van der Waals surface area (Å²) in [4.78, 5) is 19.4. The van der Waals surface area contributed by atoms with Gasteiger partial charge in [0.25, 0.3) is 0 Å². The second kappa shape index (κ2) is 7.80. The van der Waals surface area contributed by atoms with Crippen molar-refractivity contribution in [1.29, 1.82) is 0 Å². The molecule has 10 nitrogen and oxygen atoms in total. The van der Waals surface area contributed by atoms with Crippen LogP contribution < -0.4 is 14.4 Å². The van der Waals surface area contributed by atoms with Crippen molar-refractivity contribution in [2.45, 2.75) is 37.8 Å². The maximum Gasteiger partial charge on any atom is 0.327 e. The topological polar surface area (TPSA) is 115 Å². The molecule has 31 heavy (non-hydrogen) atoms. The molecule has 0 unspecified atom stereocenters. The van der Waals surface area contributed by atoms with Crippen LogP contribution in [0.25, 0.3) is 10.7 Å². The molecule has 162 valence electrons. The number of carbonyl (C=O) groups is 1. The number of aromatic nitrogens is 5. The third-order valence-electron chi connectivity index (χ3n) is 5.86. The predicted octanol–water partition coefficient (Wildman–Crippen LogP) is 2.25. The second-order valence-corrected chi connectivity index (χ2v) is 8.76. The van der Waals surface area contributed by atoms with Crippen LogP contribution in [0.1, 0.15) is 24.8 Å². The van der Waals surface area contributed by atoms with Gasteiger partial charge in [0.2, 0.25) is 5.82 Å². The minimum absolute atomic E-state index is 0.142. The molecule has 1 spiro atoms. The number of rotatable bonds is 5. The van der Waals surface area contributed by atoms with Crippen LogP contribution in [0.15, 0.2) is 24.4 Å². The van der Waals surface area contributed by atoms with Gasteiger partial charge in [-0.3, -0.25) is 4.79 Å². The molecule has 0 saturated carbocycles. The third-order valence-corrected chi connectivity index (χ3v) is 6.91. The van der Waals surface area contributed by atoms with Crippen molar-refractivity contribution in [2.75, 3.05) is 25.1 Å². The van der Waals surface area contributed by atoms with Gasteiger partial charge in [-0.2, -0.15) is 4.80 Å². The summed E-state index contributed by atoms with van der Waals surface area (Å²) in [5, 5.41) is 21.6. The molecule has 0 bridgehead atoms. The molecule has 11 heteroatoms. The highest BCUT2D eigenvalue weighted by atomic mass is 32.1. The molecule has 0 amide bonds. The Morgan fingerprint density at radius 3 is 2.94 bits per heavy atom. The number of ether oxygens (including phenoxy) is 2. The van der Waals surface area contributed by atoms with Gasteiger partial charge in [0.05, 0.1) is 18.2 Å². The van der Waals surface area contributed by atoms with E-state index in [9.17, 15) is 4.79 Å². The summed E-state index contributed by atoms with van der Waals surface area (Å²) < 4.78 is 12.0. The van der Waals surface area contributed by atoms with Crippen LogP contribution in [0.5, 0.6) is 11.5 Å². The first-order valence-corrected chi connectivity index (χ1v) is 10.9. The Kier molecular flexibility index (Phi) is 4.97. The van der Waals surface area contributed by atoms with Gasteiger partial charge in [0, 0.05) is 31.5 Å². The molecule has 2 aliphatic heterocycles. The summed E-state index contributed by atoms with van der Waals surface area (Å²) in [5.41, 5.74) is 1.02. The zero-order valence-electron chi connectivity index (χ0n) is 17.0. The Morgan fingerprint density at radius 1 is 1.32 bits per heavy atom. The summed E-state index contributed by atoms with van der Waals surface area (Å²) in [6.45, 7) is 1.39. The van der Waals surface area contributed by atoms with Crippen molar-refractivity contribution in [3.8, 4) is 22.2 Å². The van der Waals surface area contributed by atoms with E-state index in [1.807, 2.05) is 18.2 Å². The molecule has 2 aliphatic rings. The number of nitrogens with zero attached hydrogens (tertiary/aromatic N) is 6. The molecule has 1 fully saturated rings. The van der Waals surface area contributed by atoms with Gasteiger partial charge in [-0.15, -0.1) is 10.2 Å². The molecule has 4 heterocycles. The van der Waals surface area contributed by atoms with Gasteiger partial charge >= 0.3 is 5.97 Å². The number of hydrogen-bond donors (Lipinski definition) is 1. The van der Waals surface area contributed by atoms with Crippen molar-refractivity contribution >= 4 is 22.4 Å². The Morgan fingerprint density at radius 2 is 2.16 bits per heavy atom. The fraction of sp³-hybridized carbons (Fsp3) is 0.450. The van der Waals surface area contributed by atoms with Crippen LogP contribution in [-0.4, -0.2) is 62.1 Å².